The van der Waals surface area contributed by atoms with Crippen LogP contribution in [0.15, 0.2) is 24.5 Å². The quantitative estimate of drug-likeness (QED) is 0.771. The summed E-state index contributed by atoms with van der Waals surface area (Å²) in [6.07, 6.45) is 4.77. The van der Waals surface area contributed by atoms with Crippen LogP contribution < -0.4 is 0 Å². The predicted octanol–water partition coefficient (Wildman–Crippen LogP) is 1.63. The van der Waals surface area contributed by atoms with Crippen LogP contribution in [0.25, 0.3) is 0 Å². The van der Waals surface area contributed by atoms with E-state index in [1.54, 1.807) is 6.07 Å². The van der Waals surface area contributed by atoms with Crippen molar-refractivity contribution in [1.29, 1.82) is 0 Å². The van der Waals surface area contributed by atoms with Gasteiger partial charge in [-0.2, -0.15) is 0 Å². The molecule has 1 fully saturated rings. The minimum atomic E-state index is -0.289. The van der Waals surface area contributed by atoms with Gasteiger partial charge >= 0.3 is 0 Å². The molecule has 3 nitrogen and oxygen atoms in total. The Hall–Kier alpha value is -1.00. The number of rotatable bonds is 1. The van der Waals surface area contributed by atoms with Crippen molar-refractivity contribution in [3.63, 3.8) is 0 Å². The number of halogens is 1. The van der Waals surface area contributed by atoms with Gasteiger partial charge in [-0.15, -0.1) is 0 Å². The topological polar surface area (TPSA) is 42.4 Å². The van der Waals surface area contributed by atoms with E-state index < -0.39 is 0 Å². The van der Waals surface area contributed by atoms with E-state index in [4.69, 9.17) is 9.84 Å². The molecule has 0 spiro atoms. The summed E-state index contributed by atoms with van der Waals surface area (Å²) in [5, 5.41) is 8.64. The van der Waals surface area contributed by atoms with Crippen molar-refractivity contribution < 1.29 is 14.2 Å². The summed E-state index contributed by atoms with van der Waals surface area (Å²) >= 11 is 0. The molecule has 15 heavy (non-hydrogen) atoms. The van der Waals surface area contributed by atoms with E-state index in [0.29, 0.717) is 12.5 Å². The normalized spacial score (nSPS) is 16.7. The molecule has 0 radical (unpaired) electrons. The second kappa shape index (κ2) is 7.31. The Kier molecular flexibility index (Phi) is 5.88. The first-order chi connectivity index (χ1) is 7.33. The van der Waals surface area contributed by atoms with Crippen LogP contribution in [0.1, 0.15) is 12.8 Å². The molecule has 2 heterocycles. The first-order valence-corrected chi connectivity index (χ1v) is 5.07. The van der Waals surface area contributed by atoms with Gasteiger partial charge in [-0.1, -0.05) is 0 Å². The Morgan fingerprint density at radius 2 is 2.20 bits per heavy atom. The summed E-state index contributed by atoms with van der Waals surface area (Å²) in [5.41, 5.74) is 0. The van der Waals surface area contributed by atoms with Crippen molar-refractivity contribution >= 4 is 0 Å². The summed E-state index contributed by atoms with van der Waals surface area (Å²) in [5.74, 6) is 0.228. The first kappa shape index (κ1) is 12.1. The smallest absolute Gasteiger partial charge is 0.141 e. The van der Waals surface area contributed by atoms with Crippen LogP contribution in [-0.4, -0.2) is 29.9 Å². The number of nitrogens with zero attached hydrogens (tertiary/aromatic N) is 1. The van der Waals surface area contributed by atoms with Crippen LogP contribution in [0.3, 0.4) is 0 Å². The van der Waals surface area contributed by atoms with E-state index in [0.717, 1.165) is 26.1 Å². The van der Waals surface area contributed by atoms with Gasteiger partial charge in [0.2, 0.25) is 0 Å². The zero-order chi connectivity index (χ0) is 10.9. The maximum Gasteiger partial charge on any atom is 0.141 e. The molecule has 0 bridgehead atoms. The molecule has 84 valence electrons. The largest absolute Gasteiger partial charge is 0.396 e. The highest BCUT2D eigenvalue weighted by Crippen LogP contribution is 2.12. The second-order valence-corrected chi connectivity index (χ2v) is 3.41. The van der Waals surface area contributed by atoms with Crippen molar-refractivity contribution in [2.24, 2.45) is 5.92 Å². The highest BCUT2D eigenvalue weighted by molar-refractivity contribution is 4.92. The number of hydrogen-bond acceptors (Lipinski definition) is 3. The fourth-order valence-electron chi connectivity index (χ4n) is 1.27. The van der Waals surface area contributed by atoms with E-state index in [1.165, 1.54) is 18.5 Å². The molecule has 1 aliphatic rings. The molecular formula is C11H16FNO2. The molecule has 1 N–H and O–H groups in total. The fourth-order valence-corrected chi connectivity index (χ4v) is 1.27. The lowest BCUT2D eigenvalue weighted by atomic mass is 10.0. The molecule has 2 rings (SSSR count). The Labute approximate surface area is 88.9 Å². The molecular weight excluding hydrogens is 197 g/mol. The molecule has 0 unspecified atom stereocenters. The Morgan fingerprint density at radius 1 is 1.47 bits per heavy atom. The van der Waals surface area contributed by atoms with Crippen LogP contribution in [0.5, 0.6) is 0 Å². The van der Waals surface area contributed by atoms with Crippen LogP contribution in [-0.2, 0) is 4.74 Å². The third-order valence-electron chi connectivity index (χ3n) is 2.22. The van der Waals surface area contributed by atoms with E-state index in [1.807, 2.05) is 0 Å². The number of hydrogen-bond donors (Lipinski definition) is 1. The second-order valence-electron chi connectivity index (χ2n) is 3.41. The van der Waals surface area contributed by atoms with E-state index >= 15 is 0 Å². The average Bonchev–Trinajstić information content (AvgIpc) is 2.32. The lowest BCUT2D eigenvalue weighted by Crippen LogP contribution is -2.18. The molecule has 0 atom stereocenters. The molecule has 4 heteroatoms. The van der Waals surface area contributed by atoms with Crippen molar-refractivity contribution in [2.45, 2.75) is 12.8 Å². The Morgan fingerprint density at radius 3 is 2.53 bits per heavy atom. The molecule has 1 aromatic rings. The maximum atomic E-state index is 11.8. The fraction of sp³-hybridized carbons (Fsp3) is 0.545. The van der Waals surface area contributed by atoms with Gasteiger partial charge in [0.15, 0.2) is 0 Å². The first-order valence-electron chi connectivity index (χ1n) is 5.07. The number of aromatic nitrogens is 1. The zero-order valence-corrected chi connectivity index (χ0v) is 8.60. The van der Waals surface area contributed by atoms with Gasteiger partial charge < -0.3 is 9.84 Å². The highest BCUT2D eigenvalue weighted by Gasteiger charge is 2.11. The lowest BCUT2D eigenvalue weighted by Gasteiger charge is -2.18. The molecule has 0 aromatic carbocycles. The van der Waals surface area contributed by atoms with Gasteiger partial charge in [0.1, 0.15) is 5.82 Å². The lowest BCUT2D eigenvalue weighted by molar-refractivity contribution is 0.0455. The number of pyridine rings is 1. The number of aliphatic hydroxyl groups is 1. The molecule has 0 amide bonds. The van der Waals surface area contributed by atoms with Crippen molar-refractivity contribution in [1.82, 2.24) is 4.98 Å². The summed E-state index contributed by atoms with van der Waals surface area (Å²) in [7, 11) is 0. The number of aliphatic hydroxyl groups excluding tert-OH is 1. The SMILES string of the molecule is Fc1cccnc1.OCC1CCOCC1. The van der Waals surface area contributed by atoms with Gasteiger partial charge in [0.25, 0.3) is 0 Å². The standard InChI is InChI=1S/C6H12O2.C5H4FN/c7-5-6-1-3-8-4-2-6;6-5-2-1-3-7-4-5/h6-7H,1-5H2;1-4H. The molecule has 0 aliphatic carbocycles. The summed E-state index contributed by atoms with van der Waals surface area (Å²) < 4.78 is 16.9. The molecule has 0 saturated carbocycles. The van der Waals surface area contributed by atoms with Gasteiger partial charge in [-0.3, -0.25) is 4.98 Å². The van der Waals surface area contributed by atoms with E-state index in [-0.39, 0.29) is 5.82 Å². The Bertz CT molecular complexity index is 250. The minimum Gasteiger partial charge on any atom is -0.396 e. The maximum absolute atomic E-state index is 11.8. The van der Waals surface area contributed by atoms with Gasteiger partial charge in [0.05, 0.1) is 6.20 Å². The van der Waals surface area contributed by atoms with Crippen LogP contribution in [0.4, 0.5) is 4.39 Å². The Balaban J connectivity index is 0.000000151. The van der Waals surface area contributed by atoms with Crippen LogP contribution in [0, 0.1) is 11.7 Å². The summed E-state index contributed by atoms with van der Waals surface area (Å²) in [6, 6.07) is 2.91. The van der Waals surface area contributed by atoms with Gasteiger partial charge in [-0.25, -0.2) is 4.39 Å². The van der Waals surface area contributed by atoms with Crippen LogP contribution in [0.2, 0.25) is 0 Å². The molecule has 1 aromatic heterocycles. The third kappa shape index (κ3) is 5.44. The zero-order valence-electron chi connectivity index (χ0n) is 8.60. The summed E-state index contributed by atoms with van der Waals surface area (Å²) in [4.78, 5) is 3.51. The van der Waals surface area contributed by atoms with Crippen LogP contribution >= 0.6 is 0 Å². The summed E-state index contributed by atoms with van der Waals surface area (Å²) in [6.45, 7) is 2.01. The average molecular weight is 213 g/mol. The molecule has 1 aliphatic heterocycles. The van der Waals surface area contributed by atoms with Gasteiger partial charge in [0, 0.05) is 26.0 Å². The highest BCUT2D eigenvalue weighted by atomic mass is 19.1. The van der Waals surface area contributed by atoms with Gasteiger partial charge in [-0.05, 0) is 30.9 Å². The van der Waals surface area contributed by atoms with Crippen molar-refractivity contribution in [3.05, 3.63) is 30.3 Å². The van der Waals surface area contributed by atoms with E-state index in [2.05, 4.69) is 4.98 Å². The van der Waals surface area contributed by atoms with Crippen molar-refractivity contribution in [3.8, 4) is 0 Å². The van der Waals surface area contributed by atoms with E-state index in [9.17, 15) is 4.39 Å². The molecule has 1 saturated heterocycles. The number of ether oxygens (including phenoxy) is 1. The predicted molar refractivity (Wildman–Crippen MR) is 54.8 cm³/mol. The third-order valence-corrected chi connectivity index (χ3v) is 2.22. The monoisotopic (exact) mass is 213 g/mol. The van der Waals surface area contributed by atoms with Crippen molar-refractivity contribution in [2.75, 3.05) is 19.8 Å². The minimum absolute atomic E-state index is 0.289.